The third kappa shape index (κ3) is 4.60. The van der Waals surface area contributed by atoms with E-state index in [1.54, 1.807) is 28.4 Å². The maximum Gasteiger partial charge on any atom is 0.244 e. The molecule has 7 heteroatoms. The molecular weight excluding hydrogens is 328 g/mol. The number of hydrogen-bond acceptors (Lipinski definition) is 4. The fourth-order valence-electron chi connectivity index (χ4n) is 1.52. The molecule has 0 saturated heterocycles. The SMILES string of the molecule is C[C@H](Cn1cncn1)NC(=O)/C=C/c1cc(Br)cs1. The molecule has 5 nitrogen and oxygen atoms in total. The standard InChI is InChI=1S/C12H13BrN4OS/c1-9(5-17-8-14-7-15-17)16-12(18)3-2-11-4-10(13)6-19-11/h2-4,6-9H,5H2,1H3,(H,16,18)/b3-2+/t9-/m1/s1. The first kappa shape index (κ1) is 14.0. The van der Waals surface area contributed by atoms with Crippen LogP contribution in [0.25, 0.3) is 6.08 Å². The molecular formula is C12H13BrN4OS. The van der Waals surface area contributed by atoms with Crippen molar-refractivity contribution in [1.82, 2.24) is 20.1 Å². The number of carbonyl (C=O) groups is 1. The van der Waals surface area contributed by atoms with Gasteiger partial charge in [0.2, 0.25) is 5.91 Å². The lowest BCUT2D eigenvalue weighted by Crippen LogP contribution is -2.34. The van der Waals surface area contributed by atoms with Gasteiger partial charge in [-0.05, 0) is 35.0 Å². The maximum absolute atomic E-state index is 11.7. The van der Waals surface area contributed by atoms with E-state index in [2.05, 4.69) is 31.3 Å². The van der Waals surface area contributed by atoms with E-state index in [1.807, 2.05) is 18.4 Å². The summed E-state index contributed by atoms with van der Waals surface area (Å²) in [6.45, 7) is 2.53. The van der Waals surface area contributed by atoms with Crippen LogP contribution < -0.4 is 5.32 Å². The fourth-order valence-corrected chi connectivity index (χ4v) is 2.85. The van der Waals surface area contributed by atoms with Crippen LogP contribution >= 0.6 is 27.3 Å². The van der Waals surface area contributed by atoms with Crippen molar-refractivity contribution in [2.24, 2.45) is 0 Å². The first-order valence-electron chi connectivity index (χ1n) is 5.68. The largest absolute Gasteiger partial charge is 0.348 e. The highest BCUT2D eigenvalue weighted by molar-refractivity contribution is 9.10. The number of thiophene rings is 1. The predicted octanol–water partition coefficient (Wildman–Crippen LogP) is 2.32. The minimum Gasteiger partial charge on any atom is -0.348 e. The van der Waals surface area contributed by atoms with E-state index in [1.165, 1.54) is 12.4 Å². The van der Waals surface area contributed by atoms with Crippen molar-refractivity contribution in [2.45, 2.75) is 19.5 Å². The average molecular weight is 341 g/mol. The van der Waals surface area contributed by atoms with Gasteiger partial charge in [0, 0.05) is 26.8 Å². The van der Waals surface area contributed by atoms with Crippen molar-refractivity contribution < 1.29 is 4.79 Å². The van der Waals surface area contributed by atoms with E-state index in [9.17, 15) is 4.79 Å². The zero-order chi connectivity index (χ0) is 13.7. The minimum atomic E-state index is -0.114. The van der Waals surface area contributed by atoms with Crippen molar-refractivity contribution in [1.29, 1.82) is 0 Å². The molecule has 2 heterocycles. The van der Waals surface area contributed by atoms with Gasteiger partial charge in [-0.3, -0.25) is 9.48 Å². The van der Waals surface area contributed by atoms with Crippen molar-refractivity contribution in [3.05, 3.63) is 39.5 Å². The van der Waals surface area contributed by atoms with Crippen LogP contribution in [0.5, 0.6) is 0 Å². The molecule has 1 atom stereocenters. The Morgan fingerprint density at radius 1 is 1.68 bits per heavy atom. The number of halogens is 1. The molecule has 0 bridgehead atoms. The van der Waals surface area contributed by atoms with Gasteiger partial charge >= 0.3 is 0 Å². The number of nitrogens with zero attached hydrogens (tertiary/aromatic N) is 3. The summed E-state index contributed by atoms with van der Waals surface area (Å²) in [5.41, 5.74) is 0. The highest BCUT2D eigenvalue weighted by atomic mass is 79.9. The lowest BCUT2D eigenvalue weighted by Gasteiger charge is -2.11. The maximum atomic E-state index is 11.7. The van der Waals surface area contributed by atoms with Crippen molar-refractivity contribution in [2.75, 3.05) is 0 Å². The monoisotopic (exact) mass is 340 g/mol. The van der Waals surface area contributed by atoms with Crippen LogP contribution in [0.4, 0.5) is 0 Å². The fraction of sp³-hybridized carbons (Fsp3) is 0.250. The van der Waals surface area contributed by atoms with E-state index in [4.69, 9.17) is 0 Å². The van der Waals surface area contributed by atoms with E-state index in [0.717, 1.165) is 9.35 Å². The molecule has 0 aliphatic heterocycles. The summed E-state index contributed by atoms with van der Waals surface area (Å²) in [6.07, 6.45) is 6.44. The molecule has 0 spiro atoms. The van der Waals surface area contributed by atoms with Crippen LogP contribution in [0.3, 0.4) is 0 Å². The second kappa shape index (κ2) is 6.63. The Kier molecular flexibility index (Phi) is 4.86. The number of amides is 1. The van der Waals surface area contributed by atoms with Gasteiger partial charge in [0.1, 0.15) is 12.7 Å². The summed E-state index contributed by atoms with van der Waals surface area (Å²) < 4.78 is 2.71. The Hall–Kier alpha value is -1.47. The first-order chi connectivity index (χ1) is 9.13. The Morgan fingerprint density at radius 3 is 3.16 bits per heavy atom. The van der Waals surface area contributed by atoms with Crippen molar-refractivity contribution >= 4 is 39.2 Å². The van der Waals surface area contributed by atoms with E-state index < -0.39 is 0 Å². The van der Waals surface area contributed by atoms with Gasteiger partial charge in [-0.2, -0.15) is 5.10 Å². The number of rotatable bonds is 5. The molecule has 0 fully saturated rings. The second-order valence-electron chi connectivity index (χ2n) is 4.03. The molecule has 100 valence electrons. The van der Waals surface area contributed by atoms with Gasteiger partial charge in [0.15, 0.2) is 0 Å². The van der Waals surface area contributed by atoms with Crippen LogP contribution in [-0.4, -0.2) is 26.7 Å². The number of aromatic nitrogens is 3. The topological polar surface area (TPSA) is 59.8 Å². The Bertz CT molecular complexity index is 564. The number of hydrogen-bond donors (Lipinski definition) is 1. The number of carbonyl (C=O) groups excluding carboxylic acids is 1. The summed E-state index contributed by atoms with van der Waals surface area (Å²) in [4.78, 5) is 16.6. The molecule has 2 aromatic rings. The summed E-state index contributed by atoms with van der Waals surface area (Å²) in [5, 5.41) is 8.84. The highest BCUT2D eigenvalue weighted by Crippen LogP contribution is 2.20. The van der Waals surface area contributed by atoms with E-state index in [-0.39, 0.29) is 11.9 Å². The van der Waals surface area contributed by atoms with Crippen LogP contribution in [0.2, 0.25) is 0 Å². The number of nitrogens with one attached hydrogen (secondary N) is 1. The molecule has 0 saturated carbocycles. The minimum absolute atomic E-state index is 0.00563. The zero-order valence-electron chi connectivity index (χ0n) is 10.3. The molecule has 0 aliphatic carbocycles. The molecule has 0 unspecified atom stereocenters. The van der Waals surface area contributed by atoms with Gasteiger partial charge in [-0.25, -0.2) is 4.98 Å². The third-order valence-corrected chi connectivity index (χ3v) is 3.96. The summed E-state index contributed by atoms with van der Waals surface area (Å²) in [5.74, 6) is -0.114. The molecule has 0 radical (unpaired) electrons. The van der Waals surface area contributed by atoms with Gasteiger partial charge in [0.25, 0.3) is 0 Å². The van der Waals surface area contributed by atoms with Gasteiger partial charge in [-0.1, -0.05) is 0 Å². The lowest BCUT2D eigenvalue weighted by atomic mass is 10.3. The van der Waals surface area contributed by atoms with Crippen LogP contribution in [0.1, 0.15) is 11.8 Å². The van der Waals surface area contributed by atoms with Gasteiger partial charge in [0.05, 0.1) is 6.54 Å². The second-order valence-corrected chi connectivity index (χ2v) is 5.89. The quantitative estimate of drug-likeness (QED) is 0.849. The normalized spacial score (nSPS) is 12.7. The lowest BCUT2D eigenvalue weighted by molar-refractivity contribution is -0.117. The molecule has 2 aromatic heterocycles. The first-order valence-corrected chi connectivity index (χ1v) is 7.36. The molecule has 0 aromatic carbocycles. The Morgan fingerprint density at radius 2 is 2.53 bits per heavy atom. The molecule has 1 N–H and O–H groups in total. The van der Waals surface area contributed by atoms with Crippen LogP contribution in [-0.2, 0) is 11.3 Å². The smallest absolute Gasteiger partial charge is 0.244 e. The predicted molar refractivity (Wildman–Crippen MR) is 78.7 cm³/mol. The average Bonchev–Trinajstić information content (AvgIpc) is 2.98. The Labute approximate surface area is 123 Å². The summed E-state index contributed by atoms with van der Waals surface area (Å²) >= 11 is 4.95. The molecule has 1 amide bonds. The van der Waals surface area contributed by atoms with Crippen LogP contribution in [0.15, 0.2) is 34.6 Å². The molecule has 0 aliphatic rings. The highest BCUT2D eigenvalue weighted by Gasteiger charge is 2.05. The van der Waals surface area contributed by atoms with E-state index >= 15 is 0 Å². The van der Waals surface area contributed by atoms with Crippen LogP contribution in [0, 0.1) is 0 Å². The molecule has 19 heavy (non-hydrogen) atoms. The van der Waals surface area contributed by atoms with E-state index in [0.29, 0.717) is 6.54 Å². The Balaban J connectivity index is 1.82. The van der Waals surface area contributed by atoms with Gasteiger partial charge < -0.3 is 5.32 Å². The van der Waals surface area contributed by atoms with Crippen molar-refractivity contribution in [3.8, 4) is 0 Å². The third-order valence-electron chi connectivity index (χ3n) is 2.30. The zero-order valence-corrected chi connectivity index (χ0v) is 12.7. The van der Waals surface area contributed by atoms with Crippen molar-refractivity contribution in [3.63, 3.8) is 0 Å². The molecule has 2 rings (SSSR count). The summed E-state index contributed by atoms with van der Waals surface area (Å²) in [7, 11) is 0. The summed E-state index contributed by atoms with van der Waals surface area (Å²) in [6, 6.07) is 1.96. The van der Waals surface area contributed by atoms with Gasteiger partial charge in [-0.15, -0.1) is 11.3 Å².